The summed E-state index contributed by atoms with van der Waals surface area (Å²) in [4.78, 5) is 55.5. The summed E-state index contributed by atoms with van der Waals surface area (Å²) in [7, 11) is 1.72. The number of carbonyl (C=O) groups is 4. The molecule has 4 amide bonds. The quantitative estimate of drug-likeness (QED) is 0.340. The fourth-order valence-electron chi connectivity index (χ4n) is 5.27. The number of nitrogens with one attached hydrogen (secondary N) is 3. The summed E-state index contributed by atoms with van der Waals surface area (Å²) < 4.78 is 11.9. The number of likely N-dealkylation sites (N-methyl/N-ethyl adjacent to an activating group) is 1. The molecular weight excluding hydrogens is 572 g/mol. The summed E-state index contributed by atoms with van der Waals surface area (Å²) in [5, 5.41) is 8.34. The maximum absolute atomic E-state index is 13.7. The van der Waals surface area contributed by atoms with Crippen LogP contribution in [0.4, 0.5) is 0 Å². The van der Waals surface area contributed by atoms with E-state index >= 15 is 0 Å². The van der Waals surface area contributed by atoms with Gasteiger partial charge in [-0.3, -0.25) is 19.2 Å². The Bertz CT molecular complexity index is 1290. The van der Waals surface area contributed by atoms with Gasteiger partial charge in [0, 0.05) is 7.05 Å². The second-order valence-corrected chi connectivity index (χ2v) is 12.9. The molecule has 10 heteroatoms. The Balaban J connectivity index is 1.81. The third-order valence-corrected chi connectivity index (χ3v) is 7.77. The van der Waals surface area contributed by atoms with Crippen molar-refractivity contribution < 1.29 is 28.7 Å². The Hall–Kier alpha value is -4.08. The summed E-state index contributed by atoms with van der Waals surface area (Å²) >= 11 is 0. The maximum atomic E-state index is 13.7. The van der Waals surface area contributed by atoms with E-state index in [0.29, 0.717) is 30.3 Å². The first-order valence-electron chi connectivity index (χ1n) is 15.9. The molecule has 0 unspecified atom stereocenters. The van der Waals surface area contributed by atoms with Crippen molar-refractivity contribution in [2.75, 3.05) is 26.8 Å². The van der Waals surface area contributed by atoms with Gasteiger partial charge < -0.3 is 30.3 Å². The van der Waals surface area contributed by atoms with Crippen molar-refractivity contribution in [3.8, 4) is 11.5 Å². The van der Waals surface area contributed by atoms with Gasteiger partial charge in [0.1, 0.15) is 36.8 Å². The number of hydrogen-bond acceptors (Lipinski definition) is 6. The summed E-state index contributed by atoms with van der Waals surface area (Å²) in [6, 6.07) is 12.3. The number of ether oxygens (including phenoxy) is 2. The van der Waals surface area contributed by atoms with Gasteiger partial charge in [0.05, 0.1) is 24.6 Å². The van der Waals surface area contributed by atoms with Gasteiger partial charge in [-0.15, -0.1) is 0 Å². The first-order chi connectivity index (χ1) is 21.3. The largest absolute Gasteiger partial charge is 0.492 e. The van der Waals surface area contributed by atoms with Crippen molar-refractivity contribution in [2.45, 2.75) is 84.8 Å². The second kappa shape index (κ2) is 16.8. The molecule has 3 N–H and O–H groups in total. The number of rotatable bonds is 10. The number of carbonyl (C=O) groups excluding carboxylic acids is 4. The fraction of sp³-hybridized carbons (Fsp3) is 0.543. The van der Waals surface area contributed by atoms with E-state index < -0.39 is 29.8 Å². The van der Waals surface area contributed by atoms with Crippen molar-refractivity contribution in [3.05, 3.63) is 59.7 Å². The highest BCUT2D eigenvalue weighted by atomic mass is 16.5. The zero-order chi connectivity index (χ0) is 33.1. The number of amides is 4. The Morgan fingerprint density at radius 1 is 0.956 bits per heavy atom. The highest BCUT2D eigenvalue weighted by molar-refractivity contribution is 6.01. The van der Waals surface area contributed by atoms with E-state index in [1.165, 1.54) is 5.56 Å². The minimum atomic E-state index is -1.19. The van der Waals surface area contributed by atoms with Gasteiger partial charge in [-0.25, -0.2) is 0 Å². The number of benzene rings is 2. The molecule has 3 atom stereocenters. The van der Waals surface area contributed by atoms with E-state index in [1.807, 2.05) is 38.1 Å². The molecule has 0 radical (unpaired) electrons. The summed E-state index contributed by atoms with van der Waals surface area (Å²) in [6.07, 6.45) is 0.749. The normalized spacial score (nSPS) is 19.8. The monoisotopic (exact) mass is 622 g/mol. The molecule has 1 aliphatic heterocycles. The molecule has 45 heavy (non-hydrogen) atoms. The third-order valence-electron chi connectivity index (χ3n) is 7.77. The molecule has 10 nitrogen and oxygen atoms in total. The van der Waals surface area contributed by atoms with Crippen LogP contribution in [0.3, 0.4) is 0 Å². The van der Waals surface area contributed by atoms with Gasteiger partial charge in [0.25, 0.3) is 5.91 Å². The van der Waals surface area contributed by atoms with E-state index in [0.717, 1.165) is 0 Å². The number of fused-ring (bicyclic) bond motifs is 1. The van der Waals surface area contributed by atoms with Crippen molar-refractivity contribution in [3.63, 3.8) is 0 Å². The molecule has 0 fully saturated rings. The highest BCUT2D eigenvalue weighted by Gasteiger charge is 2.33. The summed E-state index contributed by atoms with van der Waals surface area (Å²) in [5.74, 6) is 0.0118. The van der Waals surface area contributed by atoms with Crippen LogP contribution >= 0.6 is 0 Å². The molecule has 0 spiro atoms. The number of para-hydroxylation sites is 1. The summed E-state index contributed by atoms with van der Waals surface area (Å²) in [5.41, 5.74) is 1.43. The first kappa shape index (κ1) is 35.4. The van der Waals surface area contributed by atoms with Crippen LogP contribution < -0.4 is 25.4 Å². The van der Waals surface area contributed by atoms with E-state index in [-0.39, 0.29) is 55.5 Å². The van der Waals surface area contributed by atoms with Gasteiger partial charge in [-0.1, -0.05) is 65.8 Å². The van der Waals surface area contributed by atoms with E-state index in [2.05, 4.69) is 43.6 Å². The lowest BCUT2D eigenvalue weighted by Crippen LogP contribution is -2.55. The van der Waals surface area contributed by atoms with Crippen LogP contribution in [0.15, 0.2) is 48.5 Å². The van der Waals surface area contributed by atoms with Crippen LogP contribution in [-0.2, 0) is 14.4 Å². The molecule has 0 aromatic heterocycles. The number of nitrogens with zero attached hydrogens (tertiary/aromatic N) is 1. The van der Waals surface area contributed by atoms with Crippen molar-refractivity contribution in [1.82, 2.24) is 20.9 Å². The van der Waals surface area contributed by atoms with E-state index in [9.17, 15) is 19.2 Å². The first-order valence-corrected chi connectivity index (χ1v) is 15.9. The van der Waals surface area contributed by atoms with Crippen molar-refractivity contribution in [1.29, 1.82) is 0 Å². The molecule has 0 aliphatic carbocycles. The third kappa shape index (κ3) is 10.8. The van der Waals surface area contributed by atoms with Crippen LogP contribution in [0.25, 0.3) is 0 Å². The molecule has 2 aromatic rings. The Morgan fingerprint density at radius 2 is 1.62 bits per heavy atom. The lowest BCUT2D eigenvalue weighted by Gasteiger charge is -2.33. The molecule has 0 saturated heterocycles. The van der Waals surface area contributed by atoms with Crippen molar-refractivity contribution >= 4 is 23.6 Å². The van der Waals surface area contributed by atoms with Crippen LogP contribution in [0.2, 0.25) is 0 Å². The molecule has 1 heterocycles. The molecular formula is C35H50N4O6. The lowest BCUT2D eigenvalue weighted by molar-refractivity contribution is -0.138. The fourth-order valence-corrected chi connectivity index (χ4v) is 5.27. The van der Waals surface area contributed by atoms with Crippen LogP contribution in [0, 0.1) is 11.8 Å². The average molecular weight is 623 g/mol. The second-order valence-electron chi connectivity index (χ2n) is 12.9. The topological polar surface area (TPSA) is 126 Å². The van der Waals surface area contributed by atoms with E-state index in [1.54, 1.807) is 36.2 Å². The van der Waals surface area contributed by atoms with Gasteiger partial charge in [-0.05, 0) is 60.4 Å². The van der Waals surface area contributed by atoms with Gasteiger partial charge in [-0.2, -0.15) is 0 Å². The predicted molar refractivity (Wildman–Crippen MR) is 174 cm³/mol. The Labute approximate surface area is 267 Å². The average Bonchev–Trinajstić information content (AvgIpc) is 2.99. The molecule has 0 saturated carbocycles. The minimum Gasteiger partial charge on any atom is -0.492 e. The molecule has 246 valence electrons. The van der Waals surface area contributed by atoms with Crippen LogP contribution in [0.5, 0.6) is 11.5 Å². The van der Waals surface area contributed by atoms with Gasteiger partial charge >= 0.3 is 0 Å². The van der Waals surface area contributed by atoms with Crippen molar-refractivity contribution in [2.24, 2.45) is 11.8 Å². The van der Waals surface area contributed by atoms with Crippen LogP contribution in [-0.4, -0.2) is 73.5 Å². The highest BCUT2D eigenvalue weighted by Crippen LogP contribution is 2.22. The standard InChI is InChI=1S/C35H50N4O6/c1-22(2)18-26-21-45-31-11-9-8-10-28(31)33(41)38-29(20-32(40)37-30(19-23(3)4)35(43)39(26)7)34(42)36-16-17-44-27-14-12-25(13-15-27)24(5)6/h8-15,22-24,26,29-30H,16-21H2,1-7H3,(H,36,42)(H,37,40)(H,38,41)/t26-,29-,30-/m0/s1. The Kier molecular flexibility index (Phi) is 13.2. The van der Waals surface area contributed by atoms with E-state index in [4.69, 9.17) is 9.47 Å². The minimum absolute atomic E-state index is 0.124. The number of hydrogen-bond donors (Lipinski definition) is 3. The van der Waals surface area contributed by atoms with Crippen LogP contribution in [0.1, 0.15) is 82.6 Å². The molecule has 2 aromatic carbocycles. The Morgan fingerprint density at radius 3 is 2.27 bits per heavy atom. The van der Waals surface area contributed by atoms with Gasteiger partial charge in [0.15, 0.2) is 0 Å². The van der Waals surface area contributed by atoms with Gasteiger partial charge in [0.2, 0.25) is 17.7 Å². The molecule has 3 rings (SSSR count). The predicted octanol–water partition coefficient (Wildman–Crippen LogP) is 4.29. The lowest BCUT2D eigenvalue weighted by atomic mass is 9.99. The smallest absolute Gasteiger partial charge is 0.255 e. The molecule has 1 aliphatic rings. The molecule has 0 bridgehead atoms. The maximum Gasteiger partial charge on any atom is 0.255 e. The zero-order valence-electron chi connectivity index (χ0n) is 27.7. The SMILES string of the molecule is CC(C)C[C@H]1COc2ccccc2C(=O)N[C@H](C(=O)NCCOc2ccc(C(C)C)cc2)CC(=O)N[C@@H](CC(C)C)C(=O)N1C. The summed E-state index contributed by atoms with van der Waals surface area (Å²) in [6.45, 7) is 12.9. The zero-order valence-corrected chi connectivity index (χ0v) is 27.7.